The van der Waals surface area contributed by atoms with Crippen molar-refractivity contribution in [1.29, 1.82) is 0 Å². The number of oxazole rings is 1. The fourth-order valence-corrected chi connectivity index (χ4v) is 2.84. The highest BCUT2D eigenvalue weighted by Crippen LogP contribution is 2.26. The molecule has 0 aliphatic heterocycles. The number of nitrogens with zero attached hydrogens (tertiary/aromatic N) is 2. The van der Waals surface area contributed by atoms with Crippen LogP contribution in [0.25, 0.3) is 11.1 Å². The lowest BCUT2D eigenvalue weighted by Crippen LogP contribution is -2.42. The molecule has 2 aromatic rings. The van der Waals surface area contributed by atoms with Crippen LogP contribution < -0.4 is 5.73 Å². The molecule has 1 aromatic carbocycles. The van der Waals surface area contributed by atoms with Gasteiger partial charge in [0.05, 0.1) is 0 Å². The van der Waals surface area contributed by atoms with Gasteiger partial charge in [0.2, 0.25) is 0 Å². The van der Waals surface area contributed by atoms with Crippen molar-refractivity contribution in [2.45, 2.75) is 25.3 Å². The van der Waals surface area contributed by atoms with Gasteiger partial charge in [-0.1, -0.05) is 6.07 Å². The van der Waals surface area contributed by atoms with Crippen LogP contribution in [0.15, 0.2) is 29.0 Å². The summed E-state index contributed by atoms with van der Waals surface area (Å²) >= 11 is 0. The van der Waals surface area contributed by atoms with Gasteiger partial charge < -0.3 is 15.1 Å². The highest BCUT2D eigenvalue weighted by molar-refractivity contribution is 5.72. The number of likely N-dealkylation sites (N-methyl/N-ethyl adjacent to an activating group) is 1. The lowest BCUT2D eigenvalue weighted by atomic mass is 9.80. The molecule has 1 aromatic heterocycles. The van der Waals surface area contributed by atoms with Crippen LogP contribution in [-0.2, 0) is 6.42 Å². The molecule has 0 amide bonds. The molecule has 0 unspecified atom stereocenters. The van der Waals surface area contributed by atoms with Gasteiger partial charge in [-0.25, -0.2) is 4.98 Å². The maximum absolute atomic E-state index is 5.82. The Bertz CT molecular complexity index is 545. The topological polar surface area (TPSA) is 55.3 Å². The highest BCUT2D eigenvalue weighted by Gasteiger charge is 2.26. The fourth-order valence-electron chi connectivity index (χ4n) is 2.84. The van der Waals surface area contributed by atoms with E-state index in [0.717, 1.165) is 36.5 Å². The van der Waals surface area contributed by atoms with Crippen molar-refractivity contribution in [3.05, 3.63) is 30.2 Å². The zero-order valence-electron chi connectivity index (χ0n) is 11.4. The fraction of sp³-hybridized carbons (Fsp3) is 0.533. The normalized spacial score (nSPS) is 22.9. The van der Waals surface area contributed by atoms with Gasteiger partial charge in [-0.3, -0.25) is 0 Å². The Morgan fingerprint density at radius 1 is 1.42 bits per heavy atom. The number of aromatic nitrogens is 1. The minimum absolute atomic E-state index is 0.451. The van der Waals surface area contributed by atoms with E-state index in [9.17, 15) is 0 Å². The molecule has 1 saturated carbocycles. The summed E-state index contributed by atoms with van der Waals surface area (Å²) in [5.74, 6) is 0.803. The van der Waals surface area contributed by atoms with E-state index < -0.39 is 0 Å². The Morgan fingerprint density at radius 3 is 3.05 bits per heavy atom. The summed E-state index contributed by atoms with van der Waals surface area (Å²) < 4.78 is 5.33. The first kappa shape index (κ1) is 12.6. The summed E-state index contributed by atoms with van der Waals surface area (Å²) in [6.45, 7) is 2.24. The minimum Gasteiger partial charge on any atom is -0.443 e. The molecular weight excluding hydrogens is 238 g/mol. The van der Waals surface area contributed by atoms with Crippen molar-refractivity contribution < 1.29 is 4.42 Å². The third-order valence-electron chi connectivity index (χ3n) is 4.02. The van der Waals surface area contributed by atoms with Gasteiger partial charge in [0.1, 0.15) is 5.52 Å². The molecule has 0 spiro atoms. The first-order valence-electron chi connectivity index (χ1n) is 6.97. The van der Waals surface area contributed by atoms with Crippen molar-refractivity contribution in [2.75, 3.05) is 20.1 Å². The van der Waals surface area contributed by atoms with Crippen LogP contribution in [0.3, 0.4) is 0 Å². The third-order valence-corrected chi connectivity index (χ3v) is 4.02. The summed E-state index contributed by atoms with van der Waals surface area (Å²) in [6.07, 6.45) is 4.93. The van der Waals surface area contributed by atoms with E-state index in [1.165, 1.54) is 24.8 Å². The van der Waals surface area contributed by atoms with E-state index in [1.807, 2.05) is 6.07 Å². The number of nitrogens with two attached hydrogens (primary N) is 1. The molecule has 3 rings (SSSR count). The van der Waals surface area contributed by atoms with Crippen molar-refractivity contribution >= 4 is 11.1 Å². The van der Waals surface area contributed by atoms with Gasteiger partial charge in [0, 0.05) is 19.1 Å². The van der Waals surface area contributed by atoms with E-state index in [2.05, 4.69) is 29.1 Å². The molecule has 4 nitrogen and oxygen atoms in total. The second kappa shape index (κ2) is 5.31. The second-order valence-electron chi connectivity index (χ2n) is 5.76. The first-order valence-corrected chi connectivity index (χ1v) is 6.97. The molecular formula is C15H21N3O. The summed E-state index contributed by atoms with van der Waals surface area (Å²) in [5.41, 5.74) is 8.94. The Kier molecular flexibility index (Phi) is 3.53. The zero-order chi connectivity index (χ0) is 13.2. The van der Waals surface area contributed by atoms with Gasteiger partial charge in [-0.15, -0.1) is 0 Å². The summed E-state index contributed by atoms with van der Waals surface area (Å²) in [4.78, 5) is 6.54. The Labute approximate surface area is 113 Å². The van der Waals surface area contributed by atoms with Crippen LogP contribution in [-0.4, -0.2) is 36.1 Å². The lowest BCUT2D eigenvalue weighted by molar-refractivity contribution is 0.183. The van der Waals surface area contributed by atoms with Gasteiger partial charge in [-0.2, -0.15) is 0 Å². The number of rotatable bonds is 5. The summed E-state index contributed by atoms with van der Waals surface area (Å²) in [6, 6.07) is 6.71. The smallest absolute Gasteiger partial charge is 0.181 e. The Morgan fingerprint density at radius 2 is 2.26 bits per heavy atom. The van der Waals surface area contributed by atoms with Crippen LogP contribution in [0.4, 0.5) is 0 Å². The predicted octanol–water partition coefficient (Wildman–Crippen LogP) is 2.04. The Balaban J connectivity index is 1.50. The molecule has 4 heteroatoms. The average molecular weight is 259 g/mol. The molecule has 0 atom stereocenters. The van der Waals surface area contributed by atoms with Crippen molar-refractivity contribution in [3.63, 3.8) is 0 Å². The summed E-state index contributed by atoms with van der Waals surface area (Å²) in [7, 11) is 2.19. The number of hydrogen-bond acceptors (Lipinski definition) is 4. The molecule has 1 aliphatic rings. The molecule has 102 valence electrons. The van der Waals surface area contributed by atoms with E-state index >= 15 is 0 Å². The van der Waals surface area contributed by atoms with Gasteiger partial charge in [0.25, 0.3) is 0 Å². The quantitative estimate of drug-likeness (QED) is 0.892. The van der Waals surface area contributed by atoms with Crippen LogP contribution in [0, 0.1) is 5.92 Å². The maximum Gasteiger partial charge on any atom is 0.181 e. The highest BCUT2D eigenvalue weighted by atomic mass is 16.3. The van der Waals surface area contributed by atoms with Gasteiger partial charge in [-0.05, 0) is 49.9 Å². The van der Waals surface area contributed by atoms with Crippen LogP contribution in [0.2, 0.25) is 0 Å². The lowest BCUT2D eigenvalue weighted by Gasteiger charge is -2.35. The van der Waals surface area contributed by atoms with Crippen LogP contribution in [0.5, 0.6) is 0 Å². The van der Waals surface area contributed by atoms with Crippen LogP contribution >= 0.6 is 0 Å². The number of benzene rings is 1. The van der Waals surface area contributed by atoms with Crippen molar-refractivity contribution in [3.8, 4) is 0 Å². The number of fused-ring (bicyclic) bond motifs is 1. The molecule has 2 N–H and O–H groups in total. The van der Waals surface area contributed by atoms with Gasteiger partial charge in [0.15, 0.2) is 12.0 Å². The molecule has 0 radical (unpaired) electrons. The molecule has 1 fully saturated rings. The van der Waals surface area contributed by atoms with Crippen LogP contribution in [0.1, 0.15) is 18.4 Å². The van der Waals surface area contributed by atoms with E-state index in [4.69, 9.17) is 10.2 Å². The monoisotopic (exact) mass is 259 g/mol. The minimum atomic E-state index is 0.451. The predicted molar refractivity (Wildman–Crippen MR) is 75.9 cm³/mol. The maximum atomic E-state index is 5.82. The molecule has 1 aliphatic carbocycles. The molecule has 0 saturated heterocycles. The first-order chi connectivity index (χ1) is 9.20. The van der Waals surface area contributed by atoms with E-state index in [1.54, 1.807) is 0 Å². The van der Waals surface area contributed by atoms with Crippen molar-refractivity contribution in [1.82, 2.24) is 9.88 Å². The zero-order valence-corrected chi connectivity index (χ0v) is 11.4. The molecule has 0 bridgehead atoms. The Hall–Kier alpha value is -1.39. The van der Waals surface area contributed by atoms with E-state index in [0.29, 0.717) is 6.04 Å². The number of hydrogen-bond donors (Lipinski definition) is 1. The standard InChI is InChI=1S/C15H21N3O/c1-18(9-12-6-13(16)7-12)5-4-11-2-3-14-15(8-11)19-10-17-14/h2-3,8,10,12-13H,4-7,9,16H2,1H3. The third kappa shape index (κ3) is 2.96. The second-order valence-corrected chi connectivity index (χ2v) is 5.76. The largest absolute Gasteiger partial charge is 0.443 e. The summed E-state index contributed by atoms with van der Waals surface area (Å²) in [5, 5.41) is 0. The van der Waals surface area contributed by atoms with Crippen molar-refractivity contribution in [2.24, 2.45) is 11.7 Å². The average Bonchev–Trinajstić information content (AvgIpc) is 2.81. The molecule has 1 heterocycles. The van der Waals surface area contributed by atoms with E-state index in [-0.39, 0.29) is 0 Å². The van der Waals surface area contributed by atoms with Gasteiger partial charge >= 0.3 is 0 Å². The molecule has 19 heavy (non-hydrogen) atoms. The SMILES string of the molecule is CN(CCc1ccc2ncoc2c1)CC1CC(N)C1.